The monoisotopic (exact) mass is 248 g/mol. The van der Waals surface area contributed by atoms with Gasteiger partial charge < -0.3 is 9.84 Å². The van der Waals surface area contributed by atoms with Crippen molar-refractivity contribution in [2.24, 2.45) is 5.41 Å². The quantitative estimate of drug-likeness (QED) is 0.889. The smallest absolute Gasteiger partial charge is 0.203 e. The van der Waals surface area contributed by atoms with E-state index >= 15 is 0 Å². The number of ketones is 1. The fraction of sp³-hybridized carbons (Fsp3) is 0.533. The van der Waals surface area contributed by atoms with E-state index in [4.69, 9.17) is 4.74 Å². The van der Waals surface area contributed by atoms with Crippen LogP contribution in [0, 0.1) is 5.41 Å². The minimum atomic E-state index is 0.000928. The fourth-order valence-electron chi connectivity index (χ4n) is 2.10. The number of phenols is 1. The third-order valence-electron chi connectivity index (χ3n) is 3.89. The number of phenolic OH excluding ortho intramolecular Hbond substituents is 1. The molecular weight excluding hydrogens is 228 g/mol. The van der Waals surface area contributed by atoms with Crippen LogP contribution in [-0.4, -0.2) is 17.5 Å². The number of fused-ring (bicyclic) bond motifs is 1. The Bertz CT molecular complexity index is 475. The van der Waals surface area contributed by atoms with Crippen molar-refractivity contribution in [1.29, 1.82) is 0 Å². The first-order valence-electron chi connectivity index (χ1n) is 6.45. The first-order valence-corrected chi connectivity index (χ1v) is 6.45. The Hall–Kier alpha value is -1.51. The van der Waals surface area contributed by atoms with Crippen LogP contribution < -0.4 is 4.74 Å². The topological polar surface area (TPSA) is 46.5 Å². The molecule has 0 aromatic heterocycles. The van der Waals surface area contributed by atoms with Crippen LogP contribution in [0.1, 0.15) is 49.5 Å². The van der Waals surface area contributed by atoms with Crippen molar-refractivity contribution in [3.63, 3.8) is 0 Å². The first-order chi connectivity index (χ1) is 8.44. The van der Waals surface area contributed by atoms with Crippen LogP contribution in [0.25, 0.3) is 0 Å². The summed E-state index contributed by atoms with van der Waals surface area (Å²) in [6, 6.07) is 3.24. The highest BCUT2D eigenvalue weighted by molar-refractivity contribution is 6.02. The van der Waals surface area contributed by atoms with Crippen molar-refractivity contribution in [1.82, 2.24) is 0 Å². The van der Waals surface area contributed by atoms with Gasteiger partial charge in [-0.15, -0.1) is 0 Å². The molecule has 18 heavy (non-hydrogen) atoms. The summed E-state index contributed by atoms with van der Waals surface area (Å²) in [7, 11) is 0. The Kier molecular flexibility index (Phi) is 3.33. The van der Waals surface area contributed by atoms with E-state index in [2.05, 4.69) is 20.8 Å². The molecule has 1 heterocycles. The second kappa shape index (κ2) is 4.63. The van der Waals surface area contributed by atoms with Crippen LogP contribution in [0.3, 0.4) is 0 Å². The minimum Gasteiger partial charge on any atom is -0.508 e. The Balaban J connectivity index is 2.26. The van der Waals surface area contributed by atoms with Crippen molar-refractivity contribution in [3.05, 3.63) is 23.3 Å². The van der Waals surface area contributed by atoms with E-state index in [1.165, 1.54) is 0 Å². The van der Waals surface area contributed by atoms with Gasteiger partial charge in [-0.2, -0.15) is 0 Å². The van der Waals surface area contributed by atoms with Crippen molar-refractivity contribution in [2.75, 3.05) is 6.61 Å². The lowest BCUT2D eigenvalue weighted by Gasteiger charge is -2.23. The molecule has 0 amide bonds. The molecule has 0 spiro atoms. The number of hydrogen-bond donors (Lipinski definition) is 1. The zero-order valence-corrected chi connectivity index (χ0v) is 11.2. The summed E-state index contributed by atoms with van der Waals surface area (Å²) in [4.78, 5) is 11.6. The average molecular weight is 248 g/mol. The zero-order chi connectivity index (χ0) is 13.3. The van der Waals surface area contributed by atoms with Crippen LogP contribution in [0.5, 0.6) is 11.5 Å². The van der Waals surface area contributed by atoms with E-state index in [1.807, 2.05) is 0 Å². The van der Waals surface area contributed by atoms with Crippen molar-refractivity contribution in [2.45, 2.75) is 40.0 Å². The molecule has 1 aliphatic rings. The summed E-state index contributed by atoms with van der Waals surface area (Å²) >= 11 is 0. The molecule has 0 fully saturated rings. The van der Waals surface area contributed by atoms with Crippen molar-refractivity contribution in [3.8, 4) is 11.5 Å². The van der Waals surface area contributed by atoms with Gasteiger partial charge in [0.25, 0.3) is 0 Å². The molecule has 2 rings (SSSR count). The lowest BCUT2D eigenvalue weighted by molar-refractivity contribution is 0.0961. The van der Waals surface area contributed by atoms with E-state index in [-0.39, 0.29) is 23.6 Å². The number of ether oxygens (including phenoxy) is 1. The van der Waals surface area contributed by atoms with Crippen molar-refractivity contribution >= 4 is 5.78 Å². The summed E-state index contributed by atoms with van der Waals surface area (Å²) in [6.45, 7) is 6.68. The van der Waals surface area contributed by atoms with Gasteiger partial charge in [0.15, 0.2) is 6.61 Å². The van der Waals surface area contributed by atoms with Gasteiger partial charge >= 0.3 is 0 Å². The summed E-state index contributed by atoms with van der Waals surface area (Å²) in [5.41, 5.74) is 1.62. The van der Waals surface area contributed by atoms with E-state index in [9.17, 15) is 9.90 Å². The highest BCUT2D eigenvalue weighted by Crippen LogP contribution is 2.38. The molecule has 0 radical (unpaired) electrons. The number of carbonyl (C=O) groups is 1. The second-order valence-electron chi connectivity index (χ2n) is 5.67. The summed E-state index contributed by atoms with van der Waals surface area (Å²) in [6.07, 6.45) is 2.79. The van der Waals surface area contributed by atoms with Gasteiger partial charge in [-0.25, -0.2) is 0 Å². The summed E-state index contributed by atoms with van der Waals surface area (Å²) in [5.74, 6) is 0.822. The Morgan fingerprint density at radius 1 is 1.39 bits per heavy atom. The molecule has 98 valence electrons. The predicted molar refractivity (Wildman–Crippen MR) is 70.3 cm³/mol. The minimum absolute atomic E-state index is 0.000928. The maximum Gasteiger partial charge on any atom is 0.203 e. The molecule has 1 aliphatic heterocycles. The molecule has 1 aromatic rings. The van der Waals surface area contributed by atoms with Crippen LogP contribution in [-0.2, 0) is 6.42 Å². The lowest BCUT2D eigenvalue weighted by Crippen LogP contribution is -2.11. The summed E-state index contributed by atoms with van der Waals surface area (Å²) < 4.78 is 5.41. The number of hydrogen-bond acceptors (Lipinski definition) is 3. The standard InChI is InChI=1S/C15H20O3/c1-4-15(2,3)8-7-11-12(16)6-5-10-13(17)9-18-14(10)11/h5-6,16H,4,7-9H2,1-3H3. The fourth-order valence-corrected chi connectivity index (χ4v) is 2.10. The average Bonchev–Trinajstić information content (AvgIpc) is 2.70. The van der Waals surface area contributed by atoms with E-state index < -0.39 is 0 Å². The maximum absolute atomic E-state index is 11.6. The highest BCUT2D eigenvalue weighted by atomic mass is 16.5. The number of carbonyl (C=O) groups excluding carboxylic acids is 1. The van der Waals surface area contributed by atoms with Crippen LogP contribution in [0.2, 0.25) is 0 Å². The highest BCUT2D eigenvalue weighted by Gasteiger charge is 2.27. The Morgan fingerprint density at radius 2 is 2.11 bits per heavy atom. The molecule has 0 unspecified atom stereocenters. The number of benzene rings is 1. The van der Waals surface area contributed by atoms with Gasteiger partial charge in [-0.05, 0) is 30.4 Å². The third-order valence-corrected chi connectivity index (χ3v) is 3.89. The second-order valence-corrected chi connectivity index (χ2v) is 5.67. The molecular formula is C15H20O3. The summed E-state index contributed by atoms with van der Waals surface area (Å²) in [5, 5.41) is 9.94. The first kappa shape index (κ1) is 12.9. The Labute approximate surface area is 108 Å². The predicted octanol–water partition coefficient (Wildman–Crippen LogP) is 3.34. The molecule has 0 saturated heterocycles. The van der Waals surface area contributed by atoms with E-state index in [0.29, 0.717) is 11.3 Å². The normalized spacial score (nSPS) is 14.5. The number of rotatable bonds is 4. The molecule has 3 nitrogen and oxygen atoms in total. The molecule has 1 N–H and O–H groups in total. The molecule has 0 saturated carbocycles. The molecule has 0 aliphatic carbocycles. The van der Waals surface area contributed by atoms with Gasteiger partial charge in [-0.1, -0.05) is 27.2 Å². The largest absolute Gasteiger partial charge is 0.508 e. The number of Topliss-reactive ketones (excluding diaryl/α,β-unsaturated/α-hetero) is 1. The van der Waals surface area contributed by atoms with Gasteiger partial charge in [-0.3, -0.25) is 4.79 Å². The SMILES string of the molecule is CCC(C)(C)CCc1c(O)ccc2c1OCC2=O. The van der Waals surface area contributed by atoms with Crippen LogP contribution in [0.4, 0.5) is 0 Å². The van der Waals surface area contributed by atoms with Crippen LogP contribution in [0.15, 0.2) is 12.1 Å². The lowest BCUT2D eigenvalue weighted by atomic mass is 9.83. The van der Waals surface area contributed by atoms with Crippen LogP contribution >= 0.6 is 0 Å². The van der Waals surface area contributed by atoms with Gasteiger partial charge in [0, 0.05) is 5.56 Å². The molecule has 0 bridgehead atoms. The van der Waals surface area contributed by atoms with E-state index in [0.717, 1.165) is 24.8 Å². The number of aromatic hydroxyl groups is 1. The molecule has 3 heteroatoms. The Morgan fingerprint density at radius 3 is 2.78 bits per heavy atom. The maximum atomic E-state index is 11.6. The third kappa shape index (κ3) is 2.35. The van der Waals surface area contributed by atoms with E-state index in [1.54, 1.807) is 12.1 Å². The zero-order valence-electron chi connectivity index (χ0n) is 11.2. The molecule has 1 aromatic carbocycles. The van der Waals surface area contributed by atoms with Gasteiger partial charge in [0.05, 0.1) is 5.56 Å². The van der Waals surface area contributed by atoms with Crippen molar-refractivity contribution < 1.29 is 14.6 Å². The van der Waals surface area contributed by atoms with Gasteiger partial charge in [0.1, 0.15) is 11.5 Å². The molecule has 0 atom stereocenters. The van der Waals surface area contributed by atoms with Gasteiger partial charge in [0.2, 0.25) is 5.78 Å².